The molecule has 1 aromatic carbocycles. The van der Waals surface area contributed by atoms with E-state index in [-0.39, 0.29) is 17.8 Å². The van der Waals surface area contributed by atoms with Crippen LogP contribution in [0.1, 0.15) is 24.5 Å². The quantitative estimate of drug-likeness (QED) is 0.569. The van der Waals surface area contributed by atoms with E-state index in [2.05, 4.69) is 17.0 Å². The molecule has 5 atom stereocenters. The van der Waals surface area contributed by atoms with Gasteiger partial charge < -0.3 is 20.2 Å². The number of carbonyl (C=O) groups is 1. The van der Waals surface area contributed by atoms with Crippen LogP contribution >= 0.6 is 0 Å². The lowest BCUT2D eigenvalue weighted by Crippen LogP contribution is -2.38. The third-order valence-electron chi connectivity index (χ3n) is 4.64. The van der Waals surface area contributed by atoms with Crippen LogP contribution in [0.2, 0.25) is 0 Å². The number of hydrogen-bond acceptors (Lipinski definition) is 5. The lowest BCUT2D eigenvalue weighted by molar-refractivity contribution is -0.142. The van der Waals surface area contributed by atoms with Gasteiger partial charge in [0.15, 0.2) is 0 Å². The molecule has 0 bridgehead atoms. The van der Waals surface area contributed by atoms with E-state index in [1.807, 2.05) is 18.2 Å². The van der Waals surface area contributed by atoms with Crippen molar-refractivity contribution in [2.75, 3.05) is 6.61 Å². The minimum atomic E-state index is -1.07. The summed E-state index contributed by atoms with van der Waals surface area (Å²) in [6.45, 7) is -0.462. The number of carboxylic acid groups (broad SMARTS) is 1. The summed E-state index contributed by atoms with van der Waals surface area (Å²) in [4.78, 5) is 15.2. The number of aliphatic hydroxyl groups is 2. The number of aliphatic carboxylic acids is 1. The van der Waals surface area contributed by atoms with Gasteiger partial charge in [0, 0.05) is 11.8 Å². The molecule has 2 aliphatic rings. The van der Waals surface area contributed by atoms with Crippen molar-refractivity contribution in [3.8, 4) is 11.8 Å². The van der Waals surface area contributed by atoms with E-state index in [1.165, 1.54) is 0 Å². The lowest BCUT2D eigenvalue weighted by Gasteiger charge is -2.33. The van der Waals surface area contributed by atoms with Crippen molar-refractivity contribution in [1.29, 1.82) is 0 Å². The molecule has 2 saturated carbocycles. The molecule has 0 spiro atoms. The van der Waals surface area contributed by atoms with Gasteiger partial charge in [0.05, 0.1) is 11.8 Å². The Labute approximate surface area is 139 Å². The molecule has 0 aliphatic heterocycles. The fourth-order valence-corrected chi connectivity index (χ4v) is 3.33. The Morgan fingerprint density at radius 2 is 2.12 bits per heavy atom. The van der Waals surface area contributed by atoms with Gasteiger partial charge in [-0.2, -0.15) is 0 Å². The van der Waals surface area contributed by atoms with Gasteiger partial charge in [0.2, 0.25) is 6.61 Å². The predicted octanol–water partition coefficient (Wildman–Crippen LogP) is 1.20. The van der Waals surface area contributed by atoms with Gasteiger partial charge in [-0.1, -0.05) is 47.3 Å². The van der Waals surface area contributed by atoms with Crippen molar-refractivity contribution < 1.29 is 25.0 Å². The first-order chi connectivity index (χ1) is 11.6. The smallest absolute Gasteiger partial charge is 0.344 e. The summed E-state index contributed by atoms with van der Waals surface area (Å²) in [6, 6.07) is 9.15. The van der Waals surface area contributed by atoms with Gasteiger partial charge in [0.25, 0.3) is 0 Å². The molecule has 5 unspecified atom stereocenters. The van der Waals surface area contributed by atoms with E-state index < -0.39 is 24.8 Å². The van der Waals surface area contributed by atoms with Crippen LogP contribution in [0.25, 0.3) is 0 Å². The zero-order chi connectivity index (χ0) is 17.1. The fraction of sp³-hybridized carbons (Fsp3) is 0.444. The number of carboxylic acids is 1. The standard InChI is InChI=1S/C18H19NO5/c20-16(11-4-2-1-3-5-11)7-6-12-8-13-14(18(12)23)9-15(13)19-24-10-17(21)22/h1-5,12-14,16,18,20,23H,8-10H2,(H,21,22). The zero-order valence-corrected chi connectivity index (χ0v) is 13.0. The molecule has 6 nitrogen and oxygen atoms in total. The summed E-state index contributed by atoms with van der Waals surface area (Å²) in [5.41, 5.74) is 1.51. The highest BCUT2D eigenvalue weighted by Crippen LogP contribution is 2.47. The summed E-state index contributed by atoms with van der Waals surface area (Å²) in [7, 11) is 0. The van der Waals surface area contributed by atoms with Gasteiger partial charge in [0.1, 0.15) is 6.10 Å². The van der Waals surface area contributed by atoms with Gasteiger partial charge in [-0.15, -0.1) is 0 Å². The highest BCUT2D eigenvalue weighted by molar-refractivity contribution is 5.93. The second-order valence-corrected chi connectivity index (χ2v) is 6.16. The van der Waals surface area contributed by atoms with Crippen molar-refractivity contribution in [3.05, 3.63) is 35.9 Å². The molecule has 2 aliphatic carbocycles. The maximum absolute atomic E-state index is 10.4. The van der Waals surface area contributed by atoms with E-state index in [4.69, 9.17) is 9.94 Å². The highest BCUT2D eigenvalue weighted by atomic mass is 16.6. The highest BCUT2D eigenvalue weighted by Gasteiger charge is 2.51. The van der Waals surface area contributed by atoms with Crippen LogP contribution in [0, 0.1) is 29.6 Å². The Bertz CT molecular complexity index is 690. The number of benzene rings is 1. The zero-order valence-electron chi connectivity index (χ0n) is 13.0. The molecule has 1 aromatic rings. The van der Waals surface area contributed by atoms with Crippen molar-refractivity contribution in [3.63, 3.8) is 0 Å². The largest absolute Gasteiger partial charge is 0.479 e. The molecule has 0 heterocycles. The molecule has 2 fully saturated rings. The maximum atomic E-state index is 10.4. The minimum Gasteiger partial charge on any atom is -0.479 e. The first-order valence-corrected chi connectivity index (χ1v) is 7.89. The van der Waals surface area contributed by atoms with Crippen molar-refractivity contribution in [1.82, 2.24) is 0 Å². The van der Waals surface area contributed by atoms with Crippen LogP contribution < -0.4 is 0 Å². The van der Waals surface area contributed by atoms with E-state index >= 15 is 0 Å². The Balaban J connectivity index is 1.60. The third-order valence-corrected chi connectivity index (χ3v) is 4.64. The van der Waals surface area contributed by atoms with Gasteiger partial charge in [-0.3, -0.25) is 0 Å². The monoisotopic (exact) mass is 329 g/mol. The van der Waals surface area contributed by atoms with Crippen molar-refractivity contribution in [2.24, 2.45) is 22.9 Å². The van der Waals surface area contributed by atoms with Gasteiger partial charge >= 0.3 is 5.97 Å². The Morgan fingerprint density at radius 3 is 2.83 bits per heavy atom. The number of rotatable bonds is 4. The normalized spacial score (nSPS) is 30.7. The van der Waals surface area contributed by atoms with Crippen LogP contribution in [0.3, 0.4) is 0 Å². The van der Waals surface area contributed by atoms with Crippen LogP contribution in [0.5, 0.6) is 0 Å². The predicted molar refractivity (Wildman–Crippen MR) is 85.9 cm³/mol. The average molecular weight is 329 g/mol. The molecule has 3 rings (SSSR count). The molecule has 0 aromatic heterocycles. The van der Waals surface area contributed by atoms with Crippen molar-refractivity contribution >= 4 is 11.7 Å². The first kappa shape index (κ1) is 16.5. The number of hydrogen-bond donors (Lipinski definition) is 3. The second kappa shape index (κ2) is 7.04. The Hall–Kier alpha value is -2.36. The molecule has 0 amide bonds. The number of nitrogens with zero attached hydrogens (tertiary/aromatic N) is 1. The molecule has 6 heteroatoms. The van der Waals surface area contributed by atoms with Crippen molar-refractivity contribution in [2.45, 2.75) is 25.0 Å². The van der Waals surface area contributed by atoms with Crippen LogP contribution in [-0.2, 0) is 9.63 Å². The average Bonchev–Trinajstić information content (AvgIpc) is 2.81. The van der Waals surface area contributed by atoms with Crippen LogP contribution in [0.4, 0.5) is 0 Å². The number of aliphatic hydroxyl groups excluding tert-OH is 2. The summed E-state index contributed by atoms with van der Waals surface area (Å²) in [5, 5.41) is 32.8. The summed E-state index contributed by atoms with van der Waals surface area (Å²) in [6.07, 6.45) is -0.173. The molecule has 126 valence electrons. The summed E-state index contributed by atoms with van der Waals surface area (Å²) in [5.74, 6) is 4.68. The summed E-state index contributed by atoms with van der Waals surface area (Å²) < 4.78 is 0. The Morgan fingerprint density at radius 1 is 1.38 bits per heavy atom. The minimum absolute atomic E-state index is 0.0852. The molecule has 24 heavy (non-hydrogen) atoms. The molecule has 0 saturated heterocycles. The molecular formula is C18H19NO5. The van der Waals surface area contributed by atoms with Crippen LogP contribution in [0.15, 0.2) is 35.5 Å². The molecule has 3 N–H and O–H groups in total. The van der Waals surface area contributed by atoms with E-state index in [0.717, 1.165) is 11.3 Å². The molecular weight excluding hydrogens is 310 g/mol. The van der Waals surface area contributed by atoms with E-state index in [0.29, 0.717) is 12.8 Å². The number of fused-ring (bicyclic) bond motifs is 1. The maximum Gasteiger partial charge on any atom is 0.344 e. The first-order valence-electron chi connectivity index (χ1n) is 7.89. The molecule has 0 radical (unpaired) electrons. The van der Waals surface area contributed by atoms with Gasteiger partial charge in [-0.25, -0.2) is 4.79 Å². The Kier molecular flexibility index (Phi) is 4.84. The van der Waals surface area contributed by atoms with Crippen LogP contribution in [-0.4, -0.2) is 39.7 Å². The topological polar surface area (TPSA) is 99.4 Å². The van der Waals surface area contributed by atoms with Gasteiger partial charge in [-0.05, 0) is 24.3 Å². The van der Waals surface area contributed by atoms with E-state index in [9.17, 15) is 15.0 Å². The number of oxime groups is 1. The van der Waals surface area contributed by atoms with E-state index in [1.54, 1.807) is 12.1 Å². The second-order valence-electron chi connectivity index (χ2n) is 6.16. The third kappa shape index (κ3) is 3.42. The summed E-state index contributed by atoms with van der Waals surface area (Å²) >= 11 is 0. The SMILES string of the molecule is O=C(O)CON=C1CC2C1CC(C#CC(O)c1ccccc1)C2O. The fourth-order valence-electron chi connectivity index (χ4n) is 3.33. The lowest BCUT2D eigenvalue weighted by atomic mass is 9.73.